The predicted molar refractivity (Wildman–Crippen MR) is 110 cm³/mol. The second kappa shape index (κ2) is 8.86. The molecule has 2 aromatic rings. The van der Waals surface area contributed by atoms with Crippen LogP contribution in [0.4, 0.5) is 5.69 Å². The number of carbonyl (C=O) groups excluding carboxylic acids is 2. The molecule has 0 aliphatic carbocycles. The topological polar surface area (TPSA) is 67.4 Å². The van der Waals surface area contributed by atoms with E-state index in [9.17, 15) is 9.59 Å². The Balaban J connectivity index is 1.44. The number of hydrogen-bond acceptors (Lipinski definition) is 3. The smallest absolute Gasteiger partial charge is 0.244 e. The molecule has 1 aliphatic rings. The van der Waals surface area contributed by atoms with Gasteiger partial charge in [0.1, 0.15) is 5.75 Å². The number of carbonyl (C=O) groups is 2. The van der Waals surface area contributed by atoms with E-state index >= 15 is 0 Å². The van der Waals surface area contributed by atoms with Crippen LogP contribution in [0.5, 0.6) is 5.75 Å². The quantitative estimate of drug-likeness (QED) is 0.686. The number of benzene rings is 2. The Morgan fingerprint density at radius 3 is 2.93 bits per heavy atom. The molecule has 2 aromatic carbocycles. The van der Waals surface area contributed by atoms with Gasteiger partial charge in [-0.3, -0.25) is 9.59 Å². The molecule has 0 fully saturated rings. The van der Waals surface area contributed by atoms with Crippen LogP contribution < -0.4 is 15.4 Å². The number of anilines is 1. The number of aryl methyl sites for hydroxylation is 1. The van der Waals surface area contributed by atoms with E-state index in [0.717, 1.165) is 39.0 Å². The number of ether oxygens (including phenoxy) is 1. The van der Waals surface area contributed by atoms with Crippen molar-refractivity contribution in [1.29, 1.82) is 0 Å². The molecule has 0 atom stereocenters. The number of halogens is 1. The minimum absolute atomic E-state index is 0.140. The molecule has 0 saturated carbocycles. The first-order valence-electron chi connectivity index (χ1n) is 8.79. The highest BCUT2D eigenvalue weighted by Gasteiger charge is 2.11. The van der Waals surface area contributed by atoms with Gasteiger partial charge >= 0.3 is 0 Å². The fourth-order valence-corrected chi connectivity index (χ4v) is 3.14. The van der Waals surface area contributed by atoms with Crippen molar-refractivity contribution >= 4 is 39.5 Å². The number of fused-ring (bicyclic) bond motifs is 1. The molecule has 0 aromatic heterocycles. The third-order valence-electron chi connectivity index (χ3n) is 4.27. The van der Waals surface area contributed by atoms with Crippen molar-refractivity contribution in [3.8, 4) is 5.75 Å². The van der Waals surface area contributed by atoms with Crippen molar-refractivity contribution in [3.05, 3.63) is 63.6 Å². The lowest BCUT2D eigenvalue weighted by molar-refractivity contribution is -0.117. The summed E-state index contributed by atoms with van der Waals surface area (Å²) in [5, 5.41) is 5.58. The average Bonchev–Trinajstić information content (AvgIpc) is 3.11. The summed E-state index contributed by atoms with van der Waals surface area (Å²) in [6, 6.07) is 11.6. The van der Waals surface area contributed by atoms with Gasteiger partial charge in [-0.05, 0) is 54.0 Å². The summed E-state index contributed by atoms with van der Waals surface area (Å²) < 4.78 is 6.37. The summed E-state index contributed by atoms with van der Waals surface area (Å²) >= 11 is 3.39. The number of nitrogens with one attached hydrogen (secondary N) is 2. The Bertz CT molecular complexity index is 893. The molecule has 0 saturated heterocycles. The normalized spacial score (nSPS) is 12.5. The highest BCUT2D eigenvalue weighted by molar-refractivity contribution is 9.10. The zero-order chi connectivity index (χ0) is 19.2. The maximum absolute atomic E-state index is 12.0. The van der Waals surface area contributed by atoms with Gasteiger partial charge in [0.2, 0.25) is 11.8 Å². The lowest BCUT2D eigenvalue weighted by Crippen LogP contribution is -2.26. The number of amides is 2. The van der Waals surface area contributed by atoms with Gasteiger partial charge in [-0.25, -0.2) is 0 Å². The highest BCUT2D eigenvalue weighted by atomic mass is 79.9. The van der Waals surface area contributed by atoms with Crippen LogP contribution in [0.15, 0.2) is 46.9 Å². The van der Waals surface area contributed by atoms with E-state index < -0.39 is 0 Å². The third-order valence-corrected chi connectivity index (χ3v) is 4.76. The molecule has 1 aliphatic heterocycles. The summed E-state index contributed by atoms with van der Waals surface area (Å²) in [4.78, 5) is 24.0. The van der Waals surface area contributed by atoms with E-state index in [1.165, 1.54) is 6.08 Å². The van der Waals surface area contributed by atoms with Crippen LogP contribution >= 0.6 is 15.9 Å². The first kappa shape index (κ1) is 19.2. The van der Waals surface area contributed by atoms with E-state index in [1.54, 1.807) is 6.08 Å². The third kappa shape index (κ3) is 5.44. The monoisotopic (exact) mass is 428 g/mol. The molecule has 0 unspecified atom stereocenters. The van der Waals surface area contributed by atoms with Gasteiger partial charge in [-0.2, -0.15) is 0 Å². The lowest BCUT2D eigenvalue weighted by atomic mass is 10.1. The van der Waals surface area contributed by atoms with Gasteiger partial charge in [-0.1, -0.05) is 28.1 Å². The zero-order valence-electron chi connectivity index (χ0n) is 15.0. The fraction of sp³-hybridized carbons (Fsp3) is 0.238. The number of rotatable bonds is 6. The summed E-state index contributed by atoms with van der Waals surface area (Å²) in [6.45, 7) is 2.92. The Morgan fingerprint density at radius 1 is 1.22 bits per heavy atom. The van der Waals surface area contributed by atoms with Crippen LogP contribution in [0.1, 0.15) is 23.1 Å². The second-order valence-electron chi connectivity index (χ2n) is 6.35. The highest BCUT2D eigenvalue weighted by Crippen LogP contribution is 2.26. The molecule has 0 spiro atoms. The zero-order valence-corrected chi connectivity index (χ0v) is 16.6. The van der Waals surface area contributed by atoms with Crippen LogP contribution in [-0.4, -0.2) is 25.0 Å². The molecule has 3 rings (SSSR count). The molecule has 140 valence electrons. The Labute approximate surface area is 166 Å². The van der Waals surface area contributed by atoms with Crippen molar-refractivity contribution < 1.29 is 14.3 Å². The standard InChI is InChI=1S/C21H21BrN2O3/c1-14-2-5-17(22)13-18(14)24-21(26)8-10-23-20(25)7-4-15-3-6-19-16(12-15)9-11-27-19/h2-7,12-13H,8-11H2,1H3,(H,23,25)(H,24,26)/b7-4+. The van der Waals surface area contributed by atoms with E-state index in [-0.39, 0.29) is 24.8 Å². The first-order valence-corrected chi connectivity index (χ1v) is 9.58. The van der Waals surface area contributed by atoms with Gasteiger partial charge in [0.05, 0.1) is 6.61 Å². The predicted octanol–water partition coefficient (Wildman–Crippen LogP) is 3.85. The van der Waals surface area contributed by atoms with Crippen LogP contribution in [0.3, 0.4) is 0 Å². The Morgan fingerprint density at radius 2 is 2.07 bits per heavy atom. The van der Waals surface area contributed by atoms with E-state index in [2.05, 4.69) is 26.6 Å². The van der Waals surface area contributed by atoms with Crippen molar-refractivity contribution in [2.45, 2.75) is 19.8 Å². The van der Waals surface area contributed by atoms with Crippen LogP contribution in [0.2, 0.25) is 0 Å². The molecule has 2 N–H and O–H groups in total. The summed E-state index contributed by atoms with van der Waals surface area (Å²) in [5.41, 5.74) is 3.87. The molecule has 1 heterocycles. The molecule has 6 heteroatoms. The van der Waals surface area contributed by atoms with Crippen molar-refractivity contribution in [3.63, 3.8) is 0 Å². The molecular weight excluding hydrogens is 408 g/mol. The molecule has 5 nitrogen and oxygen atoms in total. The van der Waals surface area contributed by atoms with Gasteiger partial charge in [0.15, 0.2) is 0 Å². The van der Waals surface area contributed by atoms with Crippen LogP contribution in [0, 0.1) is 6.92 Å². The molecular formula is C21H21BrN2O3. The van der Waals surface area contributed by atoms with Crippen molar-refractivity contribution in [2.75, 3.05) is 18.5 Å². The summed E-state index contributed by atoms with van der Waals surface area (Å²) in [6.07, 6.45) is 4.35. The fourth-order valence-electron chi connectivity index (χ4n) is 2.78. The van der Waals surface area contributed by atoms with Crippen LogP contribution in [-0.2, 0) is 16.0 Å². The van der Waals surface area contributed by atoms with Crippen LogP contribution in [0.25, 0.3) is 6.08 Å². The summed E-state index contributed by atoms with van der Waals surface area (Å²) in [5.74, 6) is 0.556. The molecule has 0 bridgehead atoms. The average molecular weight is 429 g/mol. The first-order chi connectivity index (χ1) is 13.0. The lowest BCUT2D eigenvalue weighted by Gasteiger charge is -2.09. The van der Waals surface area contributed by atoms with Crippen molar-refractivity contribution in [1.82, 2.24) is 5.32 Å². The summed E-state index contributed by atoms with van der Waals surface area (Å²) in [7, 11) is 0. The minimum Gasteiger partial charge on any atom is -0.493 e. The SMILES string of the molecule is Cc1ccc(Br)cc1NC(=O)CCNC(=O)/C=C/c1ccc2c(c1)CCO2. The van der Waals surface area contributed by atoms with E-state index in [4.69, 9.17) is 4.74 Å². The molecule has 0 radical (unpaired) electrons. The number of hydrogen-bond donors (Lipinski definition) is 2. The largest absolute Gasteiger partial charge is 0.493 e. The minimum atomic E-state index is -0.224. The maximum atomic E-state index is 12.0. The molecule has 2 amide bonds. The molecule has 27 heavy (non-hydrogen) atoms. The van der Waals surface area contributed by atoms with E-state index in [0.29, 0.717) is 6.61 Å². The van der Waals surface area contributed by atoms with Gasteiger partial charge in [0, 0.05) is 35.6 Å². The second-order valence-corrected chi connectivity index (χ2v) is 7.26. The maximum Gasteiger partial charge on any atom is 0.244 e. The Kier molecular flexibility index (Phi) is 6.29. The van der Waals surface area contributed by atoms with Gasteiger partial charge in [0.25, 0.3) is 0 Å². The van der Waals surface area contributed by atoms with Gasteiger partial charge < -0.3 is 15.4 Å². The van der Waals surface area contributed by atoms with Gasteiger partial charge in [-0.15, -0.1) is 0 Å². The Hall–Kier alpha value is -2.60. The van der Waals surface area contributed by atoms with Crippen molar-refractivity contribution in [2.24, 2.45) is 0 Å². The van der Waals surface area contributed by atoms with E-state index in [1.807, 2.05) is 43.3 Å².